The average Bonchev–Trinajstić information content (AvgIpc) is 2.64. The molecule has 0 radical (unpaired) electrons. The molecular formula is C12H16O7S. The minimum absolute atomic E-state index is 0.0170. The van der Waals surface area contributed by atoms with Crippen molar-refractivity contribution in [3.05, 3.63) is 29.8 Å². The number of hydrogen-bond acceptors (Lipinski definition) is 7. The number of aliphatic hydroxyl groups excluding tert-OH is 3. The number of aliphatic hydroxyl groups is 3. The zero-order valence-corrected chi connectivity index (χ0v) is 11.5. The summed E-state index contributed by atoms with van der Waals surface area (Å²) in [5.74, 6) is 0. The molecule has 4 atom stereocenters. The third kappa shape index (κ3) is 3.17. The van der Waals surface area contributed by atoms with Crippen LogP contribution in [0.15, 0.2) is 29.2 Å². The largest absolute Gasteiger partial charge is 0.387 e. The minimum atomic E-state index is -3.98. The summed E-state index contributed by atoms with van der Waals surface area (Å²) in [5, 5.41) is 28.0. The normalized spacial score (nSPS) is 30.6. The van der Waals surface area contributed by atoms with Crippen LogP contribution in [0, 0.1) is 6.92 Å². The summed E-state index contributed by atoms with van der Waals surface area (Å²) in [6, 6.07) is 6.07. The molecule has 1 aromatic carbocycles. The Balaban J connectivity index is 2.01. The van der Waals surface area contributed by atoms with Gasteiger partial charge in [0.25, 0.3) is 10.1 Å². The second-order valence-corrected chi connectivity index (χ2v) is 6.21. The molecule has 20 heavy (non-hydrogen) atoms. The molecule has 7 nitrogen and oxygen atoms in total. The van der Waals surface area contributed by atoms with Gasteiger partial charge in [-0.05, 0) is 19.1 Å². The maximum atomic E-state index is 11.9. The van der Waals surface area contributed by atoms with Crippen molar-refractivity contribution in [2.24, 2.45) is 0 Å². The van der Waals surface area contributed by atoms with Crippen LogP contribution in [0.1, 0.15) is 5.56 Å². The standard InChI is InChI=1S/C12H16O7S/c1-7-2-4-8(5-3-7)20(16,17)18-6-9-10(13)11(14)12(15)19-9/h2-5,9-15H,6H2,1H3/t9-,10+,11+,12?/m1/s1. The molecule has 1 unspecified atom stereocenters. The molecule has 1 aliphatic rings. The molecule has 1 heterocycles. The molecule has 1 aliphatic heterocycles. The Morgan fingerprint density at radius 3 is 2.25 bits per heavy atom. The van der Waals surface area contributed by atoms with Gasteiger partial charge in [0.1, 0.15) is 18.3 Å². The highest BCUT2D eigenvalue weighted by Crippen LogP contribution is 2.21. The van der Waals surface area contributed by atoms with E-state index in [0.717, 1.165) is 5.56 Å². The minimum Gasteiger partial charge on any atom is -0.387 e. The molecule has 0 amide bonds. The topological polar surface area (TPSA) is 113 Å². The van der Waals surface area contributed by atoms with Crippen molar-refractivity contribution in [2.75, 3.05) is 6.61 Å². The molecule has 1 aromatic rings. The van der Waals surface area contributed by atoms with Crippen molar-refractivity contribution in [2.45, 2.75) is 36.4 Å². The molecule has 8 heteroatoms. The molecule has 1 fully saturated rings. The van der Waals surface area contributed by atoms with Crippen LogP contribution < -0.4 is 0 Å². The van der Waals surface area contributed by atoms with Crippen LogP contribution in [0.25, 0.3) is 0 Å². The number of rotatable bonds is 4. The second-order valence-electron chi connectivity index (χ2n) is 4.60. The van der Waals surface area contributed by atoms with E-state index in [9.17, 15) is 23.7 Å². The van der Waals surface area contributed by atoms with E-state index in [1.165, 1.54) is 12.1 Å². The predicted octanol–water partition coefficient (Wildman–Crippen LogP) is -0.861. The fourth-order valence-corrected chi connectivity index (χ4v) is 2.71. The Labute approximate surface area is 116 Å². The number of ether oxygens (including phenoxy) is 1. The third-order valence-electron chi connectivity index (χ3n) is 3.03. The number of hydrogen-bond donors (Lipinski definition) is 3. The van der Waals surface area contributed by atoms with Gasteiger partial charge >= 0.3 is 0 Å². The maximum absolute atomic E-state index is 11.9. The molecule has 0 saturated carbocycles. The first-order valence-corrected chi connectivity index (χ1v) is 7.38. The van der Waals surface area contributed by atoms with Crippen LogP contribution in [-0.4, -0.2) is 54.9 Å². The zero-order chi connectivity index (χ0) is 14.9. The maximum Gasteiger partial charge on any atom is 0.297 e. The molecule has 1 saturated heterocycles. The van der Waals surface area contributed by atoms with Crippen LogP contribution >= 0.6 is 0 Å². The Morgan fingerprint density at radius 1 is 1.15 bits per heavy atom. The summed E-state index contributed by atoms with van der Waals surface area (Å²) in [4.78, 5) is -0.0170. The Kier molecular flexibility index (Phi) is 4.43. The van der Waals surface area contributed by atoms with Crippen LogP contribution in [0.3, 0.4) is 0 Å². The van der Waals surface area contributed by atoms with Crippen molar-refractivity contribution >= 4 is 10.1 Å². The predicted molar refractivity (Wildman–Crippen MR) is 67.2 cm³/mol. The quantitative estimate of drug-likeness (QED) is 0.620. The monoisotopic (exact) mass is 304 g/mol. The van der Waals surface area contributed by atoms with Gasteiger partial charge in [-0.15, -0.1) is 0 Å². The lowest BCUT2D eigenvalue weighted by atomic mass is 10.1. The highest BCUT2D eigenvalue weighted by Gasteiger charge is 2.42. The molecule has 3 N–H and O–H groups in total. The van der Waals surface area contributed by atoms with Crippen LogP contribution in [0.5, 0.6) is 0 Å². The molecule has 2 rings (SSSR count). The summed E-state index contributed by atoms with van der Waals surface area (Å²) < 4.78 is 33.3. The van der Waals surface area contributed by atoms with Crippen LogP contribution in [0.4, 0.5) is 0 Å². The first-order valence-electron chi connectivity index (χ1n) is 5.97. The molecular weight excluding hydrogens is 288 g/mol. The van der Waals surface area contributed by atoms with E-state index in [1.807, 2.05) is 6.92 Å². The first kappa shape index (κ1) is 15.4. The fourth-order valence-electron chi connectivity index (χ4n) is 1.80. The summed E-state index contributed by atoms with van der Waals surface area (Å²) in [6.45, 7) is 1.33. The molecule has 0 spiro atoms. The lowest BCUT2D eigenvalue weighted by Crippen LogP contribution is -2.34. The van der Waals surface area contributed by atoms with Crippen LogP contribution in [0.2, 0.25) is 0 Å². The van der Waals surface area contributed by atoms with Crippen molar-refractivity contribution in [3.8, 4) is 0 Å². The second kappa shape index (κ2) is 5.76. The highest BCUT2D eigenvalue weighted by molar-refractivity contribution is 7.86. The Morgan fingerprint density at radius 2 is 1.75 bits per heavy atom. The molecule has 112 valence electrons. The molecule has 0 aromatic heterocycles. The van der Waals surface area contributed by atoms with E-state index in [0.29, 0.717) is 0 Å². The fraction of sp³-hybridized carbons (Fsp3) is 0.500. The Hall–Kier alpha value is -1.03. The third-order valence-corrected chi connectivity index (χ3v) is 4.33. The van der Waals surface area contributed by atoms with Crippen molar-refractivity contribution < 1.29 is 32.7 Å². The van der Waals surface area contributed by atoms with E-state index >= 15 is 0 Å². The lowest BCUT2D eigenvalue weighted by molar-refractivity contribution is -0.131. The molecule has 0 aliphatic carbocycles. The van der Waals surface area contributed by atoms with Gasteiger partial charge in [-0.2, -0.15) is 8.42 Å². The lowest BCUT2D eigenvalue weighted by Gasteiger charge is -2.14. The van der Waals surface area contributed by atoms with Gasteiger partial charge < -0.3 is 20.1 Å². The average molecular weight is 304 g/mol. The van der Waals surface area contributed by atoms with Gasteiger partial charge in [0, 0.05) is 0 Å². The van der Waals surface area contributed by atoms with Crippen molar-refractivity contribution in [1.29, 1.82) is 0 Å². The number of benzene rings is 1. The van der Waals surface area contributed by atoms with E-state index in [-0.39, 0.29) is 4.90 Å². The van der Waals surface area contributed by atoms with E-state index in [4.69, 9.17) is 8.92 Å². The highest BCUT2D eigenvalue weighted by atomic mass is 32.2. The van der Waals surface area contributed by atoms with E-state index in [2.05, 4.69) is 0 Å². The zero-order valence-electron chi connectivity index (χ0n) is 10.7. The van der Waals surface area contributed by atoms with Crippen molar-refractivity contribution in [3.63, 3.8) is 0 Å². The van der Waals surface area contributed by atoms with Gasteiger partial charge in [-0.25, -0.2) is 0 Å². The van der Waals surface area contributed by atoms with Gasteiger partial charge in [0.05, 0.1) is 11.5 Å². The summed E-state index contributed by atoms with van der Waals surface area (Å²) >= 11 is 0. The first-order chi connectivity index (χ1) is 9.31. The SMILES string of the molecule is Cc1ccc(S(=O)(=O)OC[C@H]2OC(O)[C@@H](O)[C@H]2O)cc1. The van der Waals surface area contributed by atoms with Gasteiger partial charge in [0.15, 0.2) is 6.29 Å². The van der Waals surface area contributed by atoms with E-state index in [1.54, 1.807) is 12.1 Å². The summed E-state index contributed by atoms with van der Waals surface area (Å²) in [7, 11) is -3.98. The van der Waals surface area contributed by atoms with Crippen LogP contribution in [-0.2, 0) is 19.0 Å². The van der Waals surface area contributed by atoms with E-state index < -0.39 is 41.3 Å². The number of aryl methyl sites for hydroxylation is 1. The van der Waals surface area contributed by atoms with Crippen molar-refractivity contribution in [1.82, 2.24) is 0 Å². The summed E-state index contributed by atoms with van der Waals surface area (Å²) in [6.07, 6.45) is -5.55. The molecule has 0 bridgehead atoms. The van der Waals surface area contributed by atoms with Gasteiger partial charge in [-0.3, -0.25) is 4.18 Å². The smallest absolute Gasteiger partial charge is 0.297 e. The Bertz CT molecular complexity index is 554. The van der Waals surface area contributed by atoms with Gasteiger partial charge in [0.2, 0.25) is 0 Å². The summed E-state index contributed by atoms with van der Waals surface area (Å²) in [5.41, 5.74) is 0.907. The van der Waals surface area contributed by atoms with Gasteiger partial charge in [-0.1, -0.05) is 17.7 Å².